The summed E-state index contributed by atoms with van der Waals surface area (Å²) in [5, 5.41) is 13.9. The average molecular weight is 310 g/mol. The third kappa shape index (κ3) is 2.21. The summed E-state index contributed by atoms with van der Waals surface area (Å²) in [5.74, 6) is -2.52. The van der Waals surface area contributed by atoms with E-state index in [9.17, 15) is 13.2 Å². The van der Waals surface area contributed by atoms with Gasteiger partial charge in [-0.1, -0.05) is 35.3 Å². The fourth-order valence-corrected chi connectivity index (χ4v) is 3.25. The summed E-state index contributed by atoms with van der Waals surface area (Å²) in [6.45, 7) is 0. The van der Waals surface area contributed by atoms with Crippen LogP contribution in [0.25, 0.3) is 0 Å². The van der Waals surface area contributed by atoms with Crippen molar-refractivity contribution in [3.8, 4) is 0 Å². The molecule has 2 rings (SSSR count). The number of rotatable bonds is 3. The van der Waals surface area contributed by atoms with Gasteiger partial charge < -0.3 is 5.11 Å². The third-order valence-electron chi connectivity index (χ3n) is 2.89. The summed E-state index contributed by atoms with van der Waals surface area (Å²) in [6, 6.07) is 5.53. The molecule has 8 heteroatoms. The second-order valence-corrected chi connectivity index (χ2v) is 7.09. The Kier molecular flexibility index (Phi) is 3.09. The van der Waals surface area contributed by atoms with Crippen LogP contribution in [-0.2, 0) is 14.8 Å². The zero-order valence-electron chi connectivity index (χ0n) is 8.88. The standard InChI is InChI=1S/C10H9Cl2NO4S/c11-10(12)7(8(10)9(14)15)5-1-3-6(4-2-5)18(13,16)17/h1-4,7-8H,(H,14,15)(H2,13,16,17)/t7-,8+/m0/s1. The number of primary sulfonamides is 1. The van der Waals surface area contributed by atoms with Crippen LogP contribution in [0.3, 0.4) is 0 Å². The molecule has 1 aromatic carbocycles. The summed E-state index contributed by atoms with van der Waals surface area (Å²) in [5.41, 5.74) is 0.569. The van der Waals surface area contributed by atoms with E-state index in [0.29, 0.717) is 5.56 Å². The molecule has 0 spiro atoms. The lowest BCUT2D eigenvalue weighted by molar-refractivity contribution is -0.138. The van der Waals surface area contributed by atoms with Gasteiger partial charge in [-0.25, -0.2) is 13.6 Å². The Hall–Kier alpha value is -0.820. The lowest BCUT2D eigenvalue weighted by Crippen LogP contribution is -2.11. The van der Waals surface area contributed by atoms with E-state index in [2.05, 4.69) is 0 Å². The highest BCUT2D eigenvalue weighted by molar-refractivity contribution is 7.89. The van der Waals surface area contributed by atoms with Gasteiger partial charge in [-0.15, -0.1) is 0 Å². The number of hydrogen-bond acceptors (Lipinski definition) is 3. The van der Waals surface area contributed by atoms with E-state index < -0.39 is 32.2 Å². The third-order valence-corrected chi connectivity index (χ3v) is 4.76. The van der Waals surface area contributed by atoms with Crippen molar-refractivity contribution in [3.05, 3.63) is 29.8 Å². The molecule has 0 aromatic heterocycles. The number of halogens is 2. The molecule has 1 aliphatic carbocycles. The molecule has 2 atom stereocenters. The monoisotopic (exact) mass is 309 g/mol. The number of carboxylic acids is 1. The number of hydrogen-bond donors (Lipinski definition) is 2. The molecule has 1 saturated carbocycles. The van der Waals surface area contributed by atoms with Gasteiger partial charge in [0.05, 0.1) is 10.8 Å². The van der Waals surface area contributed by atoms with Crippen LogP contribution in [0.5, 0.6) is 0 Å². The summed E-state index contributed by atoms with van der Waals surface area (Å²) in [7, 11) is -3.77. The molecule has 0 amide bonds. The van der Waals surface area contributed by atoms with Crippen molar-refractivity contribution in [3.63, 3.8) is 0 Å². The first-order chi connectivity index (χ1) is 8.15. The van der Waals surface area contributed by atoms with E-state index in [1.807, 2.05) is 0 Å². The van der Waals surface area contributed by atoms with Crippen molar-refractivity contribution in [2.24, 2.45) is 11.1 Å². The van der Waals surface area contributed by atoms with Gasteiger partial charge in [0.1, 0.15) is 4.33 Å². The first-order valence-electron chi connectivity index (χ1n) is 4.89. The highest BCUT2D eigenvalue weighted by Crippen LogP contribution is 2.64. The van der Waals surface area contributed by atoms with Gasteiger partial charge in [-0.05, 0) is 17.7 Å². The van der Waals surface area contributed by atoms with Crippen LogP contribution in [0.2, 0.25) is 0 Å². The zero-order chi connectivity index (χ0) is 13.7. The first kappa shape index (κ1) is 13.6. The highest BCUT2D eigenvalue weighted by Gasteiger charge is 2.68. The van der Waals surface area contributed by atoms with Gasteiger partial charge in [-0.2, -0.15) is 0 Å². The number of benzene rings is 1. The Labute approximate surface area is 114 Å². The number of alkyl halides is 2. The fraction of sp³-hybridized carbons (Fsp3) is 0.300. The molecule has 0 heterocycles. The molecular formula is C10H9Cl2NO4S. The zero-order valence-corrected chi connectivity index (χ0v) is 11.2. The normalized spacial score (nSPS) is 25.7. The second-order valence-electron chi connectivity index (χ2n) is 4.08. The predicted molar refractivity (Wildman–Crippen MR) is 66.1 cm³/mol. The number of sulfonamides is 1. The minimum Gasteiger partial charge on any atom is -0.481 e. The highest BCUT2D eigenvalue weighted by atomic mass is 35.5. The molecule has 0 radical (unpaired) electrons. The Balaban J connectivity index is 2.30. The van der Waals surface area contributed by atoms with Crippen molar-refractivity contribution in [2.45, 2.75) is 15.1 Å². The van der Waals surface area contributed by atoms with Crippen LogP contribution in [0.4, 0.5) is 0 Å². The van der Waals surface area contributed by atoms with Gasteiger partial charge in [0, 0.05) is 5.92 Å². The van der Waals surface area contributed by atoms with Crippen molar-refractivity contribution in [1.29, 1.82) is 0 Å². The second kappa shape index (κ2) is 4.09. The van der Waals surface area contributed by atoms with Crippen molar-refractivity contribution in [1.82, 2.24) is 0 Å². The van der Waals surface area contributed by atoms with E-state index in [4.69, 9.17) is 33.4 Å². The topological polar surface area (TPSA) is 97.5 Å². The Morgan fingerprint density at radius 2 is 1.78 bits per heavy atom. The molecule has 3 N–H and O–H groups in total. The fourth-order valence-electron chi connectivity index (χ4n) is 1.91. The van der Waals surface area contributed by atoms with E-state index in [1.54, 1.807) is 0 Å². The summed E-state index contributed by atoms with van der Waals surface area (Å²) >= 11 is 11.7. The van der Waals surface area contributed by atoms with Crippen LogP contribution in [0.1, 0.15) is 11.5 Å². The molecule has 0 saturated heterocycles. The molecule has 5 nitrogen and oxygen atoms in total. The Morgan fingerprint density at radius 1 is 1.28 bits per heavy atom. The SMILES string of the molecule is NS(=O)(=O)c1ccc([C@H]2[C@H](C(=O)O)C2(Cl)Cl)cc1. The summed E-state index contributed by atoms with van der Waals surface area (Å²) < 4.78 is 20.8. The van der Waals surface area contributed by atoms with Crippen LogP contribution in [0, 0.1) is 5.92 Å². The van der Waals surface area contributed by atoms with Gasteiger partial charge in [0.2, 0.25) is 10.0 Å². The minimum absolute atomic E-state index is 0.0477. The van der Waals surface area contributed by atoms with E-state index >= 15 is 0 Å². The largest absolute Gasteiger partial charge is 0.481 e. The minimum atomic E-state index is -3.77. The van der Waals surface area contributed by atoms with Gasteiger partial charge in [0.15, 0.2) is 0 Å². The average Bonchev–Trinajstić information content (AvgIpc) is 2.80. The maximum absolute atomic E-state index is 11.1. The lowest BCUT2D eigenvalue weighted by Gasteiger charge is -2.02. The van der Waals surface area contributed by atoms with Gasteiger partial charge >= 0.3 is 5.97 Å². The van der Waals surface area contributed by atoms with Crippen molar-refractivity contribution >= 4 is 39.2 Å². The molecule has 98 valence electrons. The Morgan fingerprint density at radius 3 is 2.11 bits per heavy atom. The quantitative estimate of drug-likeness (QED) is 0.822. The number of nitrogens with two attached hydrogens (primary N) is 1. The molecule has 1 aromatic rings. The first-order valence-corrected chi connectivity index (χ1v) is 7.19. The number of aliphatic carboxylic acids is 1. The number of carbonyl (C=O) groups is 1. The van der Waals surface area contributed by atoms with Gasteiger partial charge in [-0.3, -0.25) is 4.79 Å². The molecule has 1 fully saturated rings. The van der Waals surface area contributed by atoms with Crippen molar-refractivity contribution < 1.29 is 18.3 Å². The van der Waals surface area contributed by atoms with Crippen LogP contribution < -0.4 is 5.14 Å². The molecule has 18 heavy (non-hydrogen) atoms. The van der Waals surface area contributed by atoms with E-state index in [0.717, 1.165) is 0 Å². The maximum atomic E-state index is 11.1. The molecule has 1 aliphatic rings. The van der Waals surface area contributed by atoms with Crippen LogP contribution in [-0.4, -0.2) is 23.8 Å². The van der Waals surface area contributed by atoms with Crippen LogP contribution in [0.15, 0.2) is 29.2 Å². The maximum Gasteiger partial charge on any atom is 0.310 e. The molecule has 0 bridgehead atoms. The van der Waals surface area contributed by atoms with E-state index in [-0.39, 0.29) is 4.90 Å². The predicted octanol–water partition coefficient (Wildman–Crippen LogP) is 1.31. The van der Waals surface area contributed by atoms with Gasteiger partial charge in [0.25, 0.3) is 0 Å². The van der Waals surface area contributed by atoms with Crippen molar-refractivity contribution in [2.75, 3.05) is 0 Å². The Bertz CT molecular complexity index is 597. The lowest BCUT2D eigenvalue weighted by atomic mass is 10.1. The smallest absolute Gasteiger partial charge is 0.310 e. The summed E-state index contributed by atoms with van der Waals surface area (Å²) in [4.78, 5) is 10.9. The summed E-state index contributed by atoms with van der Waals surface area (Å²) in [6.07, 6.45) is 0. The van der Waals surface area contributed by atoms with E-state index in [1.165, 1.54) is 24.3 Å². The molecule has 0 aliphatic heterocycles. The molecule has 0 unspecified atom stereocenters. The number of carboxylic acid groups (broad SMARTS) is 1. The van der Waals surface area contributed by atoms with Crippen LogP contribution >= 0.6 is 23.2 Å². The molecular weight excluding hydrogens is 301 g/mol.